The summed E-state index contributed by atoms with van der Waals surface area (Å²) in [6.07, 6.45) is 2.73. The second kappa shape index (κ2) is 9.55. The minimum atomic E-state index is -0.637. The minimum Gasteiger partial charge on any atom is -0.462 e. The van der Waals surface area contributed by atoms with Gasteiger partial charge in [-0.25, -0.2) is 4.79 Å². The lowest BCUT2D eigenvalue weighted by molar-refractivity contribution is -0.141. The average molecular weight is 271 g/mol. The number of Topliss-reactive ketones (excluding diaryl/α,β-unsaturated/α-hetero) is 1. The number of rotatable bonds is 9. The monoisotopic (exact) mass is 271 g/mol. The summed E-state index contributed by atoms with van der Waals surface area (Å²) in [6, 6.07) is 0. The predicted molar refractivity (Wildman–Crippen MR) is 73.7 cm³/mol. The van der Waals surface area contributed by atoms with Crippen molar-refractivity contribution in [3.8, 4) is 0 Å². The second-order valence-electron chi connectivity index (χ2n) is 4.46. The standard InChI is InChI=1S/C14H25NO4/c1-6-8-9-19-11(3)13(16)12(10-15(4)5)14(17)18-7-2/h10-11H,6-9H2,1-5H3/b12-10-. The van der Waals surface area contributed by atoms with Crippen LogP contribution in [0.2, 0.25) is 0 Å². The maximum atomic E-state index is 12.2. The number of ketones is 1. The number of unbranched alkanes of at least 4 members (excludes halogenated alkanes) is 1. The van der Waals surface area contributed by atoms with Crippen LogP contribution < -0.4 is 0 Å². The number of hydrogen-bond donors (Lipinski definition) is 0. The number of esters is 1. The van der Waals surface area contributed by atoms with Crippen molar-refractivity contribution in [1.82, 2.24) is 4.90 Å². The van der Waals surface area contributed by atoms with Crippen molar-refractivity contribution in [2.45, 2.75) is 39.7 Å². The van der Waals surface area contributed by atoms with Crippen LogP contribution in [0.3, 0.4) is 0 Å². The first-order chi connectivity index (χ1) is 8.93. The molecule has 0 aliphatic rings. The molecule has 0 fully saturated rings. The van der Waals surface area contributed by atoms with Gasteiger partial charge in [-0.05, 0) is 20.3 Å². The first kappa shape index (κ1) is 17.6. The molecule has 0 rings (SSSR count). The Kier molecular flexibility index (Phi) is 8.87. The van der Waals surface area contributed by atoms with Crippen molar-refractivity contribution in [3.63, 3.8) is 0 Å². The van der Waals surface area contributed by atoms with E-state index in [0.717, 1.165) is 12.8 Å². The van der Waals surface area contributed by atoms with Crippen LogP contribution in [-0.4, -0.2) is 50.1 Å². The maximum absolute atomic E-state index is 12.2. The molecule has 19 heavy (non-hydrogen) atoms. The molecule has 0 aliphatic carbocycles. The average Bonchev–Trinajstić information content (AvgIpc) is 2.35. The van der Waals surface area contributed by atoms with Gasteiger partial charge >= 0.3 is 5.97 Å². The molecule has 0 saturated heterocycles. The molecule has 1 atom stereocenters. The summed E-state index contributed by atoms with van der Waals surface area (Å²) in [4.78, 5) is 25.6. The highest BCUT2D eigenvalue weighted by Crippen LogP contribution is 2.08. The van der Waals surface area contributed by atoms with E-state index in [0.29, 0.717) is 6.61 Å². The fourth-order valence-electron chi connectivity index (χ4n) is 1.38. The Balaban J connectivity index is 4.76. The van der Waals surface area contributed by atoms with E-state index < -0.39 is 12.1 Å². The Morgan fingerprint density at radius 1 is 1.26 bits per heavy atom. The van der Waals surface area contributed by atoms with Crippen LogP contribution in [0.4, 0.5) is 0 Å². The number of carbonyl (C=O) groups excluding carboxylic acids is 2. The molecule has 0 saturated carbocycles. The van der Waals surface area contributed by atoms with Crippen LogP contribution in [0.15, 0.2) is 11.8 Å². The van der Waals surface area contributed by atoms with Gasteiger partial charge in [0.25, 0.3) is 0 Å². The van der Waals surface area contributed by atoms with E-state index in [1.54, 1.807) is 32.8 Å². The molecule has 0 heterocycles. The van der Waals surface area contributed by atoms with Crippen LogP contribution in [0, 0.1) is 0 Å². The van der Waals surface area contributed by atoms with Crippen LogP contribution in [0.25, 0.3) is 0 Å². The fraction of sp³-hybridized carbons (Fsp3) is 0.714. The van der Waals surface area contributed by atoms with Gasteiger partial charge in [0.15, 0.2) is 5.78 Å². The van der Waals surface area contributed by atoms with Gasteiger partial charge in [-0.3, -0.25) is 4.79 Å². The normalized spacial score (nSPS) is 13.0. The van der Waals surface area contributed by atoms with Gasteiger partial charge in [0.05, 0.1) is 6.61 Å². The van der Waals surface area contributed by atoms with Gasteiger partial charge in [0.1, 0.15) is 11.7 Å². The summed E-state index contributed by atoms with van der Waals surface area (Å²) in [5, 5.41) is 0. The first-order valence-electron chi connectivity index (χ1n) is 6.65. The Hall–Kier alpha value is -1.36. The quantitative estimate of drug-likeness (QED) is 0.210. The van der Waals surface area contributed by atoms with Crippen molar-refractivity contribution >= 4 is 11.8 Å². The van der Waals surface area contributed by atoms with E-state index in [1.165, 1.54) is 6.20 Å². The van der Waals surface area contributed by atoms with Crippen LogP contribution in [-0.2, 0) is 19.1 Å². The number of carbonyl (C=O) groups is 2. The molecule has 0 N–H and O–H groups in total. The zero-order valence-electron chi connectivity index (χ0n) is 12.6. The van der Waals surface area contributed by atoms with Crippen LogP contribution in [0.5, 0.6) is 0 Å². The van der Waals surface area contributed by atoms with Gasteiger partial charge in [0, 0.05) is 26.9 Å². The summed E-state index contributed by atoms with van der Waals surface area (Å²) in [5.74, 6) is -0.949. The lowest BCUT2D eigenvalue weighted by atomic mass is 10.1. The molecule has 0 aliphatic heterocycles. The molecule has 5 nitrogen and oxygen atoms in total. The van der Waals surface area contributed by atoms with Crippen molar-refractivity contribution in [3.05, 3.63) is 11.8 Å². The third-order valence-corrected chi connectivity index (χ3v) is 2.38. The zero-order chi connectivity index (χ0) is 14.8. The van der Waals surface area contributed by atoms with Gasteiger partial charge in [0.2, 0.25) is 0 Å². The summed E-state index contributed by atoms with van der Waals surface area (Å²) in [5.41, 5.74) is 0.0239. The highest BCUT2D eigenvalue weighted by atomic mass is 16.5. The molecule has 0 aromatic rings. The second-order valence-corrected chi connectivity index (χ2v) is 4.46. The van der Waals surface area contributed by atoms with Crippen LogP contribution >= 0.6 is 0 Å². The predicted octanol–water partition coefficient (Wildman–Crippen LogP) is 1.77. The molecule has 110 valence electrons. The third-order valence-electron chi connectivity index (χ3n) is 2.38. The van der Waals surface area contributed by atoms with Crippen molar-refractivity contribution in [1.29, 1.82) is 0 Å². The van der Waals surface area contributed by atoms with E-state index >= 15 is 0 Å². The largest absolute Gasteiger partial charge is 0.462 e. The Morgan fingerprint density at radius 3 is 2.37 bits per heavy atom. The topological polar surface area (TPSA) is 55.8 Å². The Bertz CT molecular complexity index is 323. The number of nitrogens with zero attached hydrogens (tertiary/aromatic N) is 1. The van der Waals surface area contributed by atoms with Gasteiger partial charge in [-0.2, -0.15) is 0 Å². The van der Waals surface area contributed by atoms with Gasteiger partial charge < -0.3 is 14.4 Å². The molecular weight excluding hydrogens is 246 g/mol. The van der Waals surface area contributed by atoms with Gasteiger partial charge in [-0.15, -0.1) is 0 Å². The van der Waals surface area contributed by atoms with E-state index in [1.807, 2.05) is 6.92 Å². The molecule has 0 amide bonds. The van der Waals surface area contributed by atoms with Gasteiger partial charge in [-0.1, -0.05) is 13.3 Å². The smallest absolute Gasteiger partial charge is 0.343 e. The summed E-state index contributed by atoms with van der Waals surface area (Å²) in [6.45, 7) is 6.16. The third kappa shape index (κ3) is 6.96. The van der Waals surface area contributed by atoms with Crippen molar-refractivity contribution < 1.29 is 19.1 Å². The highest BCUT2D eigenvalue weighted by Gasteiger charge is 2.25. The zero-order valence-corrected chi connectivity index (χ0v) is 12.6. The Labute approximate surface area is 115 Å². The fourth-order valence-corrected chi connectivity index (χ4v) is 1.38. The van der Waals surface area contributed by atoms with E-state index in [-0.39, 0.29) is 18.0 Å². The summed E-state index contributed by atoms with van der Waals surface area (Å²) in [7, 11) is 3.49. The SMILES string of the molecule is CCCCOC(C)C(=O)/C(=C/N(C)C)C(=O)OCC. The minimum absolute atomic E-state index is 0.0239. The van der Waals surface area contributed by atoms with Crippen molar-refractivity contribution in [2.75, 3.05) is 27.3 Å². The maximum Gasteiger partial charge on any atom is 0.343 e. The molecule has 0 aromatic carbocycles. The molecule has 0 bridgehead atoms. The number of hydrogen-bond acceptors (Lipinski definition) is 5. The summed E-state index contributed by atoms with van der Waals surface area (Å²) >= 11 is 0. The first-order valence-corrected chi connectivity index (χ1v) is 6.65. The van der Waals surface area contributed by atoms with E-state index in [9.17, 15) is 9.59 Å². The van der Waals surface area contributed by atoms with E-state index in [4.69, 9.17) is 9.47 Å². The summed E-state index contributed by atoms with van der Waals surface area (Å²) < 4.78 is 10.3. The Morgan fingerprint density at radius 2 is 1.89 bits per heavy atom. The molecule has 5 heteroatoms. The van der Waals surface area contributed by atoms with Crippen molar-refractivity contribution in [2.24, 2.45) is 0 Å². The van der Waals surface area contributed by atoms with Crippen LogP contribution in [0.1, 0.15) is 33.6 Å². The molecule has 0 spiro atoms. The molecule has 0 aromatic heterocycles. The van der Waals surface area contributed by atoms with E-state index in [2.05, 4.69) is 0 Å². The molecular formula is C14H25NO4. The lowest BCUT2D eigenvalue weighted by Crippen LogP contribution is -2.29. The molecule has 0 radical (unpaired) electrons. The lowest BCUT2D eigenvalue weighted by Gasteiger charge is -2.15. The molecule has 1 unspecified atom stereocenters. The highest BCUT2D eigenvalue weighted by molar-refractivity contribution is 6.18. The number of ether oxygens (including phenoxy) is 2.